The minimum atomic E-state index is -0.203. The van der Waals surface area contributed by atoms with Crippen LogP contribution in [0.15, 0.2) is 12.1 Å². The summed E-state index contributed by atoms with van der Waals surface area (Å²) in [6.45, 7) is 2.15. The van der Waals surface area contributed by atoms with Gasteiger partial charge in [-0.25, -0.2) is 4.39 Å². The monoisotopic (exact) mass is 265 g/mol. The third-order valence-corrected chi connectivity index (χ3v) is 2.71. The molecule has 0 heterocycles. The lowest BCUT2D eigenvalue weighted by atomic mass is 10.1. The quantitative estimate of drug-likeness (QED) is 0.774. The molecule has 0 amide bonds. The van der Waals surface area contributed by atoms with E-state index >= 15 is 0 Å². The predicted octanol–water partition coefficient (Wildman–Crippen LogP) is 2.20. The van der Waals surface area contributed by atoms with Crippen molar-refractivity contribution in [1.82, 2.24) is 0 Å². The third kappa shape index (κ3) is 1.90. The Morgan fingerprint density at radius 1 is 1.55 bits per heavy atom. The number of hydrogen-bond donors (Lipinski definition) is 1. The summed E-state index contributed by atoms with van der Waals surface area (Å²) in [7, 11) is 0. The van der Waals surface area contributed by atoms with E-state index in [1.807, 2.05) is 6.92 Å². The molecule has 0 bridgehead atoms. The van der Waals surface area contributed by atoms with Gasteiger partial charge in [0.25, 0.3) is 0 Å². The van der Waals surface area contributed by atoms with E-state index in [4.69, 9.17) is 5.73 Å². The number of aryl methyl sites for hydroxylation is 1. The zero-order valence-corrected chi connectivity index (χ0v) is 8.35. The first-order valence-corrected chi connectivity index (χ1v) is 4.37. The molecule has 1 aromatic rings. The van der Waals surface area contributed by atoms with Crippen LogP contribution in [0.4, 0.5) is 4.39 Å². The van der Waals surface area contributed by atoms with Gasteiger partial charge in [-0.1, -0.05) is 0 Å². The average molecular weight is 265 g/mol. The number of halogens is 2. The van der Waals surface area contributed by atoms with Crippen LogP contribution in [0.1, 0.15) is 11.1 Å². The van der Waals surface area contributed by atoms with Crippen LogP contribution in [0.3, 0.4) is 0 Å². The van der Waals surface area contributed by atoms with E-state index < -0.39 is 0 Å². The lowest BCUT2D eigenvalue weighted by molar-refractivity contribution is 0.609. The Bertz CT molecular complexity index is 273. The van der Waals surface area contributed by atoms with Crippen molar-refractivity contribution in [2.75, 3.05) is 0 Å². The molecule has 0 saturated carbocycles. The van der Waals surface area contributed by atoms with Gasteiger partial charge < -0.3 is 5.73 Å². The molecule has 0 unspecified atom stereocenters. The van der Waals surface area contributed by atoms with Crippen molar-refractivity contribution in [2.45, 2.75) is 13.5 Å². The molecule has 1 rings (SSSR count). The standard InChI is InChI=1S/C8H9FIN/c1-5-2-7(9)6(4-11)3-8(5)10/h2-3H,4,11H2,1H3. The molecule has 0 aromatic heterocycles. The Balaban J connectivity index is 3.21. The van der Waals surface area contributed by atoms with Crippen molar-refractivity contribution in [3.63, 3.8) is 0 Å². The van der Waals surface area contributed by atoms with Crippen LogP contribution in [0.5, 0.6) is 0 Å². The fourth-order valence-electron chi connectivity index (χ4n) is 0.844. The Morgan fingerprint density at radius 2 is 2.18 bits per heavy atom. The summed E-state index contributed by atoms with van der Waals surface area (Å²) >= 11 is 2.17. The first kappa shape index (κ1) is 8.93. The highest BCUT2D eigenvalue weighted by Crippen LogP contribution is 2.16. The van der Waals surface area contributed by atoms with Crippen molar-refractivity contribution in [2.24, 2.45) is 5.73 Å². The Hall–Kier alpha value is -0.160. The highest BCUT2D eigenvalue weighted by molar-refractivity contribution is 14.1. The first-order chi connectivity index (χ1) is 5.15. The summed E-state index contributed by atoms with van der Waals surface area (Å²) < 4.78 is 14.0. The molecule has 1 aromatic carbocycles. The van der Waals surface area contributed by atoms with Gasteiger partial charge in [-0.05, 0) is 47.2 Å². The smallest absolute Gasteiger partial charge is 0.128 e. The fraction of sp³-hybridized carbons (Fsp3) is 0.250. The summed E-state index contributed by atoms with van der Waals surface area (Å²) in [6, 6.07) is 3.30. The van der Waals surface area contributed by atoms with E-state index in [9.17, 15) is 4.39 Å². The minimum absolute atomic E-state index is 0.203. The second kappa shape index (κ2) is 3.49. The second-order valence-electron chi connectivity index (χ2n) is 2.40. The van der Waals surface area contributed by atoms with Crippen molar-refractivity contribution in [1.29, 1.82) is 0 Å². The second-order valence-corrected chi connectivity index (χ2v) is 3.56. The number of hydrogen-bond acceptors (Lipinski definition) is 1. The molecule has 11 heavy (non-hydrogen) atoms. The third-order valence-electron chi connectivity index (χ3n) is 1.55. The minimum Gasteiger partial charge on any atom is -0.326 e. The summed E-state index contributed by atoms with van der Waals surface area (Å²) in [6.07, 6.45) is 0. The topological polar surface area (TPSA) is 26.0 Å². The molecule has 1 nitrogen and oxygen atoms in total. The molecule has 0 saturated heterocycles. The Labute approximate surface area is 78.9 Å². The van der Waals surface area contributed by atoms with Crippen LogP contribution in [0, 0.1) is 16.3 Å². The Kier molecular flexibility index (Phi) is 2.84. The van der Waals surface area contributed by atoms with Gasteiger partial charge in [0.05, 0.1) is 0 Å². The highest BCUT2D eigenvalue weighted by atomic mass is 127. The largest absolute Gasteiger partial charge is 0.326 e. The molecule has 0 aliphatic rings. The van der Waals surface area contributed by atoms with Crippen molar-refractivity contribution >= 4 is 22.6 Å². The first-order valence-electron chi connectivity index (χ1n) is 3.29. The van der Waals surface area contributed by atoms with Gasteiger partial charge in [-0.15, -0.1) is 0 Å². The highest BCUT2D eigenvalue weighted by Gasteiger charge is 2.02. The van der Waals surface area contributed by atoms with Gasteiger partial charge >= 0.3 is 0 Å². The lowest BCUT2D eigenvalue weighted by Crippen LogP contribution is -2.01. The van der Waals surface area contributed by atoms with E-state index in [0.717, 1.165) is 9.13 Å². The van der Waals surface area contributed by atoms with Gasteiger partial charge in [-0.2, -0.15) is 0 Å². The molecule has 0 aliphatic carbocycles. The molecule has 0 fully saturated rings. The molecular weight excluding hydrogens is 256 g/mol. The summed E-state index contributed by atoms with van der Waals surface area (Å²) in [5.74, 6) is -0.203. The summed E-state index contributed by atoms with van der Waals surface area (Å²) in [5.41, 5.74) is 6.87. The van der Waals surface area contributed by atoms with E-state index in [2.05, 4.69) is 22.6 Å². The molecule has 0 radical (unpaired) electrons. The van der Waals surface area contributed by atoms with Crippen LogP contribution < -0.4 is 5.73 Å². The van der Waals surface area contributed by atoms with Crippen molar-refractivity contribution in [3.8, 4) is 0 Å². The number of benzene rings is 1. The molecule has 0 spiro atoms. The normalized spacial score (nSPS) is 10.2. The van der Waals surface area contributed by atoms with Gasteiger partial charge in [0, 0.05) is 15.7 Å². The van der Waals surface area contributed by atoms with Crippen LogP contribution in [0.2, 0.25) is 0 Å². The molecule has 60 valence electrons. The van der Waals surface area contributed by atoms with E-state index in [-0.39, 0.29) is 12.4 Å². The SMILES string of the molecule is Cc1cc(F)c(CN)cc1I. The van der Waals surface area contributed by atoms with Crippen LogP contribution in [0.25, 0.3) is 0 Å². The zero-order valence-electron chi connectivity index (χ0n) is 6.20. The van der Waals surface area contributed by atoms with Gasteiger partial charge in [-0.3, -0.25) is 0 Å². The maximum Gasteiger partial charge on any atom is 0.128 e. The fourth-order valence-corrected chi connectivity index (χ4v) is 1.38. The van der Waals surface area contributed by atoms with Crippen molar-refractivity contribution < 1.29 is 4.39 Å². The van der Waals surface area contributed by atoms with Gasteiger partial charge in [0.2, 0.25) is 0 Å². The predicted molar refractivity (Wildman–Crippen MR) is 51.7 cm³/mol. The van der Waals surface area contributed by atoms with E-state index in [1.165, 1.54) is 6.07 Å². The maximum absolute atomic E-state index is 12.9. The maximum atomic E-state index is 12.9. The number of rotatable bonds is 1. The van der Waals surface area contributed by atoms with E-state index in [1.54, 1.807) is 6.07 Å². The van der Waals surface area contributed by atoms with Gasteiger partial charge in [0.1, 0.15) is 5.82 Å². The molecule has 0 atom stereocenters. The zero-order chi connectivity index (χ0) is 8.43. The van der Waals surface area contributed by atoms with Crippen LogP contribution >= 0.6 is 22.6 Å². The molecule has 3 heteroatoms. The lowest BCUT2D eigenvalue weighted by Gasteiger charge is -2.02. The summed E-state index contributed by atoms with van der Waals surface area (Å²) in [4.78, 5) is 0. The molecular formula is C8H9FIN. The van der Waals surface area contributed by atoms with Crippen LogP contribution in [-0.2, 0) is 6.54 Å². The Morgan fingerprint density at radius 3 is 2.73 bits per heavy atom. The van der Waals surface area contributed by atoms with Crippen LogP contribution in [-0.4, -0.2) is 0 Å². The van der Waals surface area contributed by atoms with E-state index in [0.29, 0.717) is 5.56 Å². The van der Waals surface area contributed by atoms with Gasteiger partial charge in [0.15, 0.2) is 0 Å². The number of nitrogens with two attached hydrogens (primary N) is 1. The molecule has 0 aliphatic heterocycles. The average Bonchev–Trinajstić information content (AvgIpc) is 1.97. The summed E-state index contributed by atoms with van der Waals surface area (Å²) in [5, 5.41) is 0. The molecule has 2 N–H and O–H groups in total. The van der Waals surface area contributed by atoms with Crippen molar-refractivity contribution in [3.05, 3.63) is 32.6 Å².